The maximum Gasteiger partial charge on any atom is 0.341 e. The van der Waals surface area contributed by atoms with Gasteiger partial charge in [-0.15, -0.1) is 0 Å². The molecule has 2 saturated heterocycles. The molecule has 0 saturated carbocycles. The first-order chi connectivity index (χ1) is 14.6. The van der Waals surface area contributed by atoms with Crippen molar-refractivity contribution in [2.45, 2.75) is 46.1 Å². The molecule has 1 atom stereocenters. The Bertz CT molecular complexity index is 900. The van der Waals surface area contributed by atoms with Crippen LogP contribution in [0.15, 0.2) is 18.3 Å². The summed E-state index contributed by atoms with van der Waals surface area (Å²) in [6, 6.07) is 4.51. The number of ether oxygens (including phenoxy) is 2. The van der Waals surface area contributed by atoms with E-state index in [1.54, 1.807) is 6.20 Å². The van der Waals surface area contributed by atoms with Crippen molar-refractivity contribution in [3.63, 3.8) is 0 Å². The first-order valence-electron chi connectivity index (χ1n) is 11.2. The van der Waals surface area contributed by atoms with Crippen LogP contribution in [-0.4, -0.2) is 61.3 Å². The van der Waals surface area contributed by atoms with Crippen molar-refractivity contribution >= 4 is 22.6 Å². The number of rotatable bonds is 6. The number of carbonyl (C=O) groups is 1. The fraction of sp³-hybridized carbons (Fsp3) is 0.583. The number of esters is 1. The van der Waals surface area contributed by atoms with Crippen LogP contribution in [0.5, 0.6) is 0 Å². The molecule has 2 aliphatic heterocycles. The van der Waals surface area contributed by atoms with E-state index in [9.17, 15) is 4.79 Å². The van der Waals surface area contributed by atoms with E-state index in [2.05, 4.69) is 41.2 Å². The third-order valence-electron chi connectivity index (χ3n) is 6.54. The number of hydrogen-bond acceptors (Lipinski definition) is 6. The van der Waals surface area contributed by atoms with Gasteiger partial charge in [0.25, 0.3) is 0 Å². The van der Waals surface area contributed by atoms with Crippen molar-refractivity contribution < 1.29 is 14.3 Å². The highest BCUT2D eigenvalue weighted by Gasteiger charge is 2.26. The van der Waals surface area contributed by atoms with Gasteiger partial charge < -0.3 is 19.7 Å². The molecule has 0 bridgehead atoms. The van der Waals surface area contributed by atoms with Crippen molar-refractivity contribution in [3.8, 4) is 0 Å². The summed E-state index contributed by atoms with van der Waals surface area (Å²) in [6.45, 7) is 11.5. The van der Waals surface area contributed by atoms with Gasteiger partial charge in [0, 0.05) is 43.9 Å². The molecule has 4 rings (SSSR count). The second-order valence-corrected chi connectivity index (χ2v) is 8.62. The molecule has 0 spiro atoms. The third-order valence-corrected chi connectivity index (χ3v) is 6.54. The van der Waals surface area contributed by atoms with Crippen LogP contribution in [0.25, 0.3) is 10.9 Å². The molecule has 0 radical (unpaired) electrons. The molecular weight excluding hydrogens is 378 g/mol. The zero-order chi connectivity index (χ0) is 21.1. The molecular formula is C24H33N3O3. The molecule has 162 valence electrons. The van der Waals surface area contributed by atoms with Crippen LogP contribution in [0, 0.1) is 19.8 Å². The Hall–Kier alpha value is -2.18. The van der Waals surface area contributed by atoms with E-state index >= 15 is 0 Å². The number of nitrogens with zero attached hydrogens (tertiary/aromatic N) is 2. The second-order valence-electron chi connectivity index (χ2n) is 8.62. The minimum absolute atomic E-state index is 0.314. The highest BCUT2D eigenvalue weighted by atomic mass is 16.5. The molecule has 1 unspecified atom stereocenters. The van der Waals surface area contributed by atoms with Crippen molar-refractivity contribution in [1.29, 1.82) is 0 Å². The molecule has 2 aromatic rings. The van der Waals surface area contributed by atoms with Gasteiger partial charge >= 0.3 is 5.97 Å². The molecule has 1 aromatic carbocycles. The number of aromatic nitrogens is 1. The molecule has 30 heavy (non-hydrogen) atoms. The average molecular weight is 412 g/mol. The van der Waals surface area contributed by atoms with Gasteiger partial charge in [-0.1, -0.05) is 12.1 Å². The van der Waals surface area contributed by atoms with Gasteiger partial charge in [0.2, 0.25) is 0 Å². The van der Waals surface area contributed by atoms with Gasteiger partial charge in [0.05, 0.1) is 24.4 Å². The van der Waals surface area contributed by atoms with Crippen LogP contribution in [0.3, 0.4) is 0 Å². The molecule has 6 heteroatoms. The van der Waals surface area contributed by atoms with Crippen LogP contribution < -0.4 is 5.32 Å². The van der Waals surface area contributed by atoms with Crippen molar-refractivity contribution in [2.75, 3.05) is 44.8 Å². The molecule has 1 aromatic heterocycles. The largest absolute Gasteiger partial charge is 0.462 e. The smallest absolute Gasteiger partial charge is 0.341 e. The number of piperidine rings is 1. The molecule has 3 heterocycles. The van der Waals surface area contributed by atoms with Gasteiger partial charge in [-0.25, -0.2) is 4.79 Å². The summed E-state index contributed by atoms with van der Waals surface area (Å²) in [4.78, 5) is 19.8. The zero-order valence-electron chi connectivity index (χ0n) is 18.4. The number of fused-ring (bicyclic) bond motifs is 1. The van der Waals surface area contributed by atoms with E-state index in [1.165, 1.54) is 12.0 Å². The lowest BCUT2D eigenvalue weighted by atomic mass is 9.99. The van der Waals surface area contributed by atoms with Gasteiger partial charge in [-0.05, 0) is 57.1 Å². The molecule has 0 amide bonds. The van der Waals surface area contributed by atoms with Crippen LogP contribution in [0.1, 0.15) is 47.7 Å². The van der Waals surface area contributed by atoms with Gasteiger partial charge in [0.1, 0.15) is 5.56 Å². The number of carbonyl (C=O) groups excluding carboxylic acids is 1. The Morgan fingerprint density at radius 2 is 2.07 bits per heavy atom. The number of likely N-dealkylation sites (tertiary alicyclic amines) is 1. The van der Waals surface area contributed by atoms with E-state index in [1.807, 2.05) is 6.92 Å². The van der Waals surface area contributed by atoms with Crippen LogP contribution in [0.2, 0.25) is 0 Å². The maximum atomic E-state index is 12.6. The van der Waals surface area contributed by atoms with Crippen LogP contribution >= 0.6 is 0 Å². The summed E-state index contributed by atoms with van der Waals surface area (Å²) in [6.07, 6.45) is 4.97. The van der Waals surface area contributed by atoms with Gasteiger partial charge in [-0.3, -0.25) is 4.98 Å². The molecule has 0 aliphatic carbocycles. The van der Waals surface area contributed by atoms with E-state index in [-0.39, 0.29) is 5.97 Å². The highest BCUT2D eigenvalue weighted by molar-refractivity contribution is 6.05. The number of hydrogen-bond donors (Lipinski definition) is 1. The predicted molar refractivity (Wildman–Crippen MR) is 119 cm³/mol. The zero-order valence-corrected chi connectivity index (χ0v) is 18.4. The maximum absolute atomic E-state index is 12.6. The van der Waals surface area contributed by atoms with E-state index in [4.69, 9.17) is 9.47 Å². The molecule has 2 aliphatic rings. The lowest BCUT2D eigenvalue weighted by Gasteiger charge is -2.34. The Labute approximate surface area is 178 Å². The summed E-state index contributed by atoms with van der Waals surface area (Å²) < 4.78 is 10.8. The molecule has 6 nitrogen and oxygen atoms in total. The summed E-state index contributed by atoms with van der Waals surface area (Å²) in [5.74, 6) is 0.367. The monoisotopic (exact) mass is 411 g/mol. The van der Waals surface area contributed by atoms with E-state index in [0.717, 1.165) is 67.8 Å². The topological polar surface area (TPSA) is 63.7 Å². The van der Waals surface area contributed by atoms with Gasteiger partial charge in [0.15, 0.2) is 0 Å². The molecule has 2 fully saturated rings. The van der Waals surface area contributed by atoms with E-state index < -0.39 is 0 Å². The summed E-state index contributed by atoms with van der Waals surface area (Å²) in [5, 5.41) is 4.70. The normalized spacial score (nSPS) is 20.6. The van der Waals surface area contributed by atoms with Gasteiger partial charge in [-0.2, -0.15) is 0 Å². The third kappa shape index (κ3) is 4.44. The lowest BCUT2D eigenvalue weighted by Crippen LogP contribution is -2.41. The number of aryl methyl sites for hydroxylation is 2. The lowest BCUT2D eigenvalue weighted by molar-refractivity contribution is 0.0527. The Kier molecular flexibility index (Phi) is 6.54. The Morgan fingerprint density at radius 1 is 1.27 bits per heavy atom. The fourth-order valence-corrected chi connectivity index (χ4v) is 4.58. The first kappa shape index (κ1) is 21.1. The number of benzene rings is 1. The number of anilines is 1. The van der Waals surface area contributed by atoms with Crippen LogP contribution in [0.4, 0.5) is 5.69 Å². The SMILES string of the molecule is CCOC(=O)c1cnc2c(C)c(C)ccc2c1NC1CCN(CC2CCOC2)CC1. The number of pyridine rings is 1. The average Bonchev–Trinajstić information content (AvgIpc) is 3.25. The van der Waals surface area contributed by atoms with Crippen molar-refractivity contribution in [3.05, 3.63) is 35.0 Å². The second kappa shape index (κ2) is 9.31. The number of nitrogens with one attached hydrogen (secondary N) is 1. The predicted octanol–water partition coefficient (Wildman–Crippen LogP) is 3.94. The van der Waals surface area contributed by atoms with E-state index in [0.29, 0.717) is 24.1 Å². The standard InChI is InChI=1S/C24H33N3O3/c1-4-30-24(28)21-13-25-22-17(3)16(2)5-6-20(22)23(21)26-19-7-10-27(11-8-19)14-18-9-12-29-15-18/h5-6,13,18-19H,4,7-12,14-15H2,1-3H3,(H,25,26). The summed E-state index contributed by atoms with van der Waals surface area (Å²) in [5.41, 5.74) is 4.69. The summed E-state index contributed by atoms with van der Waals surface area (Å²) in [7, 11) is 0. The first-order valence-corrected chi connectivity index (χ1v) is 11.2. The fourth-order valence-electron chi connectivity index (χ4n) is 4.58. The quantitative estimate of drug-likeness (QED) is 0.727. The Morgan fingerprint density at radius 3 is 2.77 bits per heavy atom. The minimum Gasteiger partial charge on any atom is -0.462 e. The summed E-state index contributed by atoms with van der Waals surface area (Å²) >= 11 is 0. The van der Waals surface area contributed by atoms with Crippen molar-refractivity contribution in [2.24, 2.45) is 5.92 Å². The molecule has 1 N–H and O–H groups in total. The van der Waals surface area contributed by atoms with Crippen molar-refractivity contribution in [1.82, 2.24) is 9.88 Å². The van der Waals surface area contributed by atoms with Crippen LogP contribution in [-0.2, 0) is 9.47 Å². The minimum atomic E-state index is -0.314. The highest BCUT2D eigenvalue weighted by Crippen LogP contribution is 2.31. The Balaban J connectivity index is 1.54.